The van der Waals surface area contributed by atoms with E-state index < -0.39 is 62.7 Å². The maximum atomic E-state index is 13.9. The van der Waals surface area contributed by atoms with Crippen molar-refractivity contribution >= 4 is 26.2 Å². The maximum absolute atomic E-state index is 13.9. The third kappa shape index (κ3) is 17.0. The molecule has 0 bridgehead atoms. The van der Waals surface area contributed by atoms with Gasteiger partial charge in [0, 0.05) is 56.9 Å². The van der Waals surface area contributed by atoms with Crippen molar-refractivity contribution in [3.63, 3.8) is 0 Å². The molecule has 76 heavy (non-hydrogen) atoms. The summed E-state index contributed by atoms with van der Waals surface area (Å²) in [7, 11) is 3.33. The number of ether oxygens (including phenoxy) is 6. The van der Waals surface area contributed by atoms with Crippen molar-refractivity contribution < 1.29 is 67.2 Å². The van der Waals surface area contributed by atoms with Crippen molar-refractivity contribution in [1.29, 1.82) is 5.26 Å². The van der Waals surface area contributed by atoms with E-state index in [9.17, 15) is 35.0 Å². The first-order valence-electron chi connectivity index (χ1n) is 26.4. The van der Waals surface area contributed by atoms with Gasteiger partial charge in [-0.1, -0.05) is 42.8 Å². The van der Waals surface area contributed by atoms with Gasteiger partial charge in [-0.3, -0.25) is 14.4 Å². The number of nitriles is 1. The molecule has 3 amide bonds. The van der Waals surface area contributed by atoms with Gasteiger partial charge in [-0.05, 0) is 113 Å². The number of unbranched alkanes of at least 4 members (excludes halogenated alkanes) is 2. The van der Waals surface area contributed by atoms with Crippen LogP contribution in [-0.2, 0) is 43.2 Å². The Morgan fingerprint density at radius 1 is 0.789 bits per heavy atom. The summed E-state index contributed by atoms with van der Waals surface area (Å²) in [5, 5.41) is 45.1. The van der Waals surface area contributed by atoms with Crippen molar-refractivity contribution in [2.24, 2.45) is 5.41 Å². The molecule has 2 aliphatic rings. The lowest BCUT2D eigenvalue weighted by Crippen LogP contribution is -2.64. The largest absolute Gasteiger partial charge is 0.497 e. The minimum atomic E-state index is -1.58. The SMILES string of the molecule is COc1ccc(C(OCC2(COP(OCCC#N)N(C(C)C)C(C)C)CCN(C(=O)CCCCCNC(=O)CCCO[C@@H]3O[C@H](CO)[C@H](O)[C@H](O)[C@H]3NC(C)=O)CC2)(c2ccc(OC)cc2)c2ccc(OC)cc2)cc1. The number of benzene rings is 3. The number of aliphatic hydroxyl groups excluding tert-OH is 3. The molecule has 3 aromatic carbocycles. The molecule has 5 N–H and O–H groups in total. The number of hydrogen-bond donors (Lipinski definition) is 5. The smallest absolute Gasteiger partial charge is 0.259 e. The van der Waals surface area contributed by atoms with Crippen molar-refractivity contribution in [2.75, 3.05) is 74.0 Å². The lowest BCUT2D eigenvalue weighted by Gasteiger charge is -2.46. The van der Waals surface area contributed by atoms with Crippen LogP contribution in [0.2, 0.25) is 0 Å². The van der Waals surface area contributed by atoms with Gasteiger partial charge in [0.05, 0.1) is 66.9 Å². The predicted molar refractivity (Wildman–Crippen MR) is 286 cm³/mol. The summed E-state index contributed by atoms with van der Waals surface area (Å²) < 4.78 is 51.2. The molecular formula is C56H82N5O14P. The Morgan fingerprint density at radius 3 is 1.83 bits per heavy atom. The molecule has 2 aliphatic heterocycles. The fourth-order valence-corrected chi connectivity index (χ4v) is 11.4. The van der Waals surface area contributed by atoms with Crippen LogP contribution in [0.25, 0.3) is 0 Å². The van der Waals surface area contributed by atoms with E-state index in [4.69, 9.17) is 37.5 Å². The molecule has 0 aliphatic carbocycles. The van der Waals surface area contributed by atoms with Crippen molar-refractivity contribution in [1.82, 2.24) is 20.2 Å². The molecule has 0 spiro atoms. The molecule has 1 unspecified atom stereocenters. The van der Waals surface area contributed by atoms with Crippen molar-refractivity contribution in [2.45, 2.75) is 141 Å². The minimum Gasteiger partial charge on any atom is -0.497 e. The first-order valence-corrected chi connectivity index (χ1v) is 27.5. The minimum absolute atomic E-state index is 0.0615. The molecule has 2 fully saturated rings. The number of nitrogens with one attached hydrogen (secondary N) is 2. The molecule has 5 rings (SSSR count). The van der Waals surface area contributed by atoms with E-state index in [1.54, 1.807) is 21.3 Å². The first kappa shape index (κ1) is 61.9. The Labute approximate surface area is 450 Å². The van der Waals surface area contributed by atoms with E-state index in [0.29, 0.717) is 75.4 Å². The highest BCUT2D eigenvalue weighted by Crippen LogP contribution is 2.50. The first-order chi connectivity index (χ1) is 36.5. The van der Waals surface area contributed by atoms with E-state index in [1.165, 1.54) is 6.92 Å². The van der Waals surface area contributed by atoms with Crippen LogP contribution in [0.5, 0.6) is 17.2 Å². The Hall–Kier alpha value is -4.97. The van der Waals surface area contributed by atoms with E-state index in [1.807, 2.05) is 77.7 Å². The summed E-state index contributed by atoms with van der Waals surface area (Å²) in [4.78, 5) is 40.2. The van der Waals surface area contributed by atoms with Crippen LogP contribution in [0.4, 0.5) is 0 Å². The van der Waals surface area contributed by atoms with Gasteiger partial charge in [-0.15, -0.1) is 0 Å². The highest BCUT2D eigenvalue weighted by Gasteiger charge is 2.46. The molecule has 2 heterocycles. The Morgan fingerprint density at radius 2 is 1.34 bits per heavy atom. The van der Waals surface area contributed by atoms with Crippen LogP contribution in [-0.4, -0.2) is 159 Å². The van der Waals surface area contributed by atoms with Crippen molar-refractivity contribution in [3.05, 3.63) is 89.5 Å². The van der Waals surface area contributed by atoms with E-state index in [2.05, 4.69) is 49.1 Å². The Kier molecular flexibility index (Phi) is 25.1. The van der Waals surface area contributed by atoms with Crippen molar-refractivity contribution in [3.8, 4) is 23.3 Å². The standard InChI is InChI=1S/C56H82N5O14P/c1-39(2)61(40(3)4)76(73-35-13-30-57)74-38-55(37-72-56(42-16-22-45(68-6)23-17-42,43-18-24-46(69-7)25-19-43)44-20-26-47(70-8)27-21-44)28-32-60(33-29-55)50(65)15-10-9-11-31-58-49(64)14-12-34-71-54-51(59-41(5)63)53(67)52(66)48(36-62)75-54/h16-27,39-40,48,51-54,62,66-67H,9-15,28-29,31-38H2,1-8H3,(H,58,64)(H,59,63)/t48-,51-,52+,53-,54-,76?/m1/s1. The quantitative estimate of drug-likeness (QED) is 0.0268. The fraction of sp³-hybridized carbons (Fsp3) is 0.607. The van der Waals surface area contributed by atoms with Gasteiger partial charge >= 0.3 is 0 Å². The van der Waals surface area contributed by atoms with Crippen LogP contribution in [0.3, 0.4) is 0 Å². The summed E-state index contributed by atoms with van der Waals surface area (Å²) in [6, 6.07) is 25.0. The normalized spacial score (nSPS) is 20.0. The van der Waals surface area contributed by atoms with Crippen LogP contribution >= 0.6 is 8.53 Å². The predicted octanol–water partition coefficient (Wildman–Crippen LogP) is 6.34. The van der Waals surface area contributed by atoms with E-state index in [0.717, 1.165) is 23.1 Å². The summed E-state index contributed by atoms with van der Waals surface area (Å²) in [6.07, 6.45) is -0.732. The van der Waals surface area contributed by atoms with Crippen LogP contribution in [0.1, 0.15) is 109 Å². The molecule has 19 nitrogen and oxygen atoms in total. The van der Waals surface area contributed by atoms with Gasteiger partial charge in [0.2, 0.25) is 17.7 Å². The summed E-state index contributed by atoms with van der Waals surface area (Å²) >= 11 is 0. The molecule has 420 valence electrons. The van der Waals surface area contributed by atoms with Crippen LogP contribution < -0.4 is 24.8 Å². The zero-order valence-corrected chi connectivity index (χ0v) is 46.5. The van der Waals surface area contributed by atoms with Gasteiger partial charge in [0.25, 0.3) is 8.53 Å². The number of carbonyl (C=O) groups excluding carboxylic acids is 3. The van der Waals surface area contributed by atoms with Gasteiger partial charge < -0.3 is 68.3 Å². The highest BCUT2D eigenvalue weighted by molar-refractivity contribution is 7.44. The molecular weight excluding hydrogens is 998 g/mol. The Balaban J connectivity index is 1.26. The van der Waals surface area contributed by atoms with Gasteiger partial charge in [-0.2, -0.15) is 5.26 Å². The summed E-state index contributed by atoms with van der Waals surface area (Å²) in [6.45, 7) is 11.4. The zero-order valence-electron chi connectivity index (χ0n) is 45.6. The van der Waals surface area contributed by atoms with E-state index >= 15 is 0 Å². The van der Waals surface area contributed by atoms with E-state index in [-0.39, 0.29) is 63.2 Å². The van der Waals surface area contributed by atoms with Crippen LogP contribution in [0.15, 0.2) is 72.8 Å². The van der Waals surface area contributed by atoms with Gasteiger partial charge in [-0.25, -0.2) is 4.67 Å². The van der Waals surface area contributed by atoms with Gasteiger partial charge in [0.1, 0.15) is 47.2 Å². The second kappa shape index (κ2) is 30.8. The maximum Gasteiger partial charge on any atom is 0.259 e. The molecule has 0 radical (unpaired) electrons. The monoisotopic (exact) mass is 1080 g/mol. The lowest BCUT2D eigenvalue weighted by atomic mass is 9.77. The second-order valence-corrected chi connectivity index (χ2v) is 21.4. The summed E-state index contributed by atoms with van der Waals surface area (Å²) in [5.74, 6) is 1.54. The number of nitrogens with zero attached hydrogens (tertiary/aromatic N) is 3. The third-order valence-electron chi connectivity index (χ3n) is 13.9. The third-order valence-corrected chi connectivity index (χ3v) is 15.9. The number of hydrogen-bond acceptors (Lipinski definition) is 16. The van der Waals surface area contributed by atoms with Crippen LogP contribution in [0, 0.1) is 16.7 Å². The highest BCUT2D eigenvalue weighted by atomic mass is 31.2. The lowest BCUT2D eigenvalue weighted by molar-refractivity contribution is -0.270. The zero-order chi connectivity index (χ0) is 55.3. The number of aliphatic hydroxyl groups is 3. The molecule has 20 heteroatoms. The Bertz CT molecular complexity index is 2140. The van der Waals surface area contributed by atoms with Gasteiger partial charge in [0.15, 0.2) is 6.29 Å². The number of carbonyl (C=O) groups is 3. The number of amides is 3. The second-order valence-electron chi connectivity index (χ2n) is 19.9. The number of methoxy groups -OCH3 is 3. The number of rotatable bonds is 31. The average molecular weight is 1080 g/mol. The topological polar surface area (TPSA) is 240 Å². The molecule has 2 saturated heterocycles. The fourth-order valence-electron chi connectivity index (χ4n) is 9.65. The molecule has 3 aromatic rings. The molecule has 0 saturated carbocycles. The average Bonchev–Trinajstić information content (AvgIpc) is 3.42. The number of piperidine rings is 1. The summed E-state index contributed by atoms with van der Waals surface area (Å²) in [5.41, 5.74) is 0.899. The molecule has 0 aromatic heterocycles. The molecule has 6 atom stereocenters. The number of likely N-dealkylation sites (tertiary alicyclic amines) is 1.